The summed E-state index contributed by atoms with van der Waals surface area (Å²) in [6.45, 7) is 0. The van der Waals surface area contributed by atoms with Gasteiger partial charge in [-0.15, -0.1) is 0 Å². The van der Waals surface area contributed by atoms with E-state index in [1.54, 1.807) is 42.5 Å². The van der Waals surface area contributed by atoms with Crippen LogP contribution in [0.4, 0.5) is 11.4 Å². The summed E-state index contributed by atoms with van der Waals surface area (Å²) in [6, 6.07) is 15.8. The fourth-order valence-electron chi connectivity index (χ4n) is 2.75. The number of benzene rings is 2. The van der Waals surface area contributed by atoms with E-state index in [1.165, 1.54) is 24.4 Å². The largest absolute Gasteiger partial charge is 0.426 e. The number of nitrogens with zero attached hydrogens (tertiary/aromatic N) is 4. The van der Waals surface area contributed by atoms with Gasteiger partial charge in [0.05, 0.1) is 10.4 Å². The van der Waals surface area contributed by atoms with Gasteiger partial charge in [-0.2, -0.15) is 4.73 Å². The van der Waals surface area contributed by atoms with Crippen LogP contribution >= 0.6 is 0 Å². The van der Waals surface area contributed by atoms with E-state index in [0.717, 1.165) is 4.73 Å². The zero-order valence-electron chi connectivity index (χ0n) is 14.3. The Morgan fingerprint density at radius 1 is 1.11 bits per heavy atom. The van der Waals surface area contributed by atoms with Gasteiger partial charge in [-0.3, -0.25) is 19.9 Å². The van der Waals surface area contributed by atoms with Crippen LogP contribution in [0.3, 0.4) is 0 Å². The predicted molar refractivity (Wildman–Crippen MR) is 101 cm³/mol. The van der Waals surface area contributed by atoms with Crippen LogP contribution in [0.5, 0.6) is 0 Å². The van der Waals surface area contributed by atoms with Crippen LogP contribution in [0.25, 0.3) is 22.4 Å². The van der Waals surface area contributed by atoms with Crippen molar-refractivity contribution >= 4 is 28.3 Å². The van der Waals surface area contributed by atoms with Crippen molar-refractivity contribution in [2.24, 2.45) is 0 Å². The molecule has 0 spiro atoms. The van der Waals surface area contributed by atoms with Crippen molar-refractivity contribution in [1.29, 1.82) is 0 Å². The van der Waals surface area contributed by atoms with E-state index < -0.39 is 4.92 Å². The lowest BCUT2D eigenvalue weighted by Crippen LogP contribution is -2.13. The standard InChI is InChI=1S/C19H13N5O4/c25-19(16-3-1-2-10-20-16)21-13-6-4-12(5-7-13)18-22-15-9-8-14(24(27)28)11-17(15)23(18)26/h1-11,26H,(H,21,25). The van der Waals surface area contributed by atoms with Crippen LogP contribution in [-0.4, -0.2) is 30.7 Å². The second kappa shape index (κ2) is 6.80. The zero-order chi connectivity index (χ0) is 19.7. The van der Waals surface area contributed by atoms with Crippen molar-refractivity contribution in [3.8, 4) is 11.4 Å². The topological polar surface area (TPSA) is 123 Å². The third kappa shape index (κ3) is 3.12. The number of nitro groups is 1. The van der Waals surface area contributed by atoms with Gasteiger partial charge >= 0.3 is 0 Å². The summed E-state index contributed by atoms with van der Waals surface area (Å²) >= 11 is 0. The summed E-state index contributed by atoms with van der Waals surface area (Å²) in [5, 5.41) is 24.0. The van der Waals surface area contributed by atoms with E-state index in [-0.39, 0.29) is 22.9 Å². The minimum atomic E-state index is -0.537. The molecule has 1 amide bonds. The molecule has 2 aromatic heterocycles. The number of pyridine rings is 1. The SMILES string of the molecule is O=C(Nc1ccc(-c2nc3ccc([N+](=O)[O-])cc3n2O)cc1)c1ccccn1. The average Bonchev–Trinajstić information content (AvgIpc) is 3.05. The van der Waals surface area contributed by atoms with Gasteiger partial charge in [0, 0.05) is 29.6 Å². The first-order valence-electron chi connectivity index (χ1n) is 8.22. The molecule has 4 aromatic rings. The molecule has 4 rings (SSSR count). The van der Waals surface area contributed by atoms with Crippen molar-refractivity contribution in [2.75, 3.05) is 5.32 Å². The first kappa shape index (κ1) is 17.2. The van der Waals surface area contributed by atoms with Crippen LogP contribution in [-0.2, 0) is 0 Å². The molecule has 0 aliphatic heterocycles. The highest BCUT2D eigenvalue weighted by Gasteiger charge is 2.16. The summed E-state index contributed by atoms with van der Waals surface area (Å²) in [4.78, 5) is 30.8. The summed E-state index contributed by atoms with van der Waals surface area (Å²) < 4.78 is 0.809. The van der Waals surface area contributed by atoms with Crippen LogP contribution in [0.2, 0.25) is 0 Å². The Balaban J connectivity index is 1.61. The maximum absolute atomic E-state index is 12.1. The fourth-order valence-corrected chi connectivity index (χ4v) is 2.75. The molecule has 0 atom stereocenters. The molecular formula is C19H13N5O4. The molecule has 28 heavy (non-hydrogen) atoms. The second-order valence-electron chi connectivity index (χ2n) is 5.92. The van der Waals surface area contributed by atoms with Gasteiger partial charge in [0.15, 0.2) is 5.82 Å². The van der Waals surface area contributed by atoms with Gasteiger partial charge in [-0.1, -0.05) is 6.07 Å². The summed E-state index contributed by atoms with van der Waals surface area (Å²) in [5.74, 6) is -0.104. The molecule has 9 nitrogen and oxygen atoms in total. The lowest BCUT2D eigenvalue weighted by atomic mass is 10.2. The highest BCUT2D eigenvalue weighted by Crippen LogP contribution is 2.27. The Labute approximate surface area is 158 Å². The lowest BCUT2D eigenvalue weighted by Gasteiger charge is -2.06. The Morgan fingerprint density at radius 3 is 2.57 bits per heavy atom. The van der Waals surface area contributed by atoms with E-state index in [0.29, 0.717) is 22.5 Å². The number of hydrogen-bond acceptors (Lipinski definition) is 6. The van der Waals surface area contributed by atoms with Gasteiger partial charge in [0.2, 0.25) is 0 Å². The number of non-ortho nitro benzene ring substituents is 1. The number of anilines is 1. The Hall–Kier alpha value is -4.27. The number of aromatic nitrogens is 3. The van der Waals surface area contributed by atoms with Gasteiger partial charge in [0.1, 0.15) is 11.2 Å². The van der Waals surface area contributed by atoms with Gasteiger partial charge < -0.3 is 10.5 Å². The smallest absolute Gasteiger partial charge is 0.274 e. The maximum Gasteiger partial charge on any atom is 0.274 e. The number of amides is 1. The minimum Gasteiger partial charge on any atom is -0.426 e. The number of rotatable bonds is 4. The van der Waals surface area contributed by atoms with Crippen molar-refractivity contribution in [3.63, 3.8) is 0 Å². The van der Waals surface area contributed by atoms with E-state index >= 15 is 0 Å². The summed E-state index contributed by atoms with van der Waals surface area (Å²) in [6.07, 6.45) is 1.54. The Morgan fingerprint density at radius 2 is 1.89 bits per heavy atom. The highest BCUT2D eigenvalue weighted by molar-refractivity contribution is 6.02. The summed E-state index contributed by atoms with van der Waals surface area (Å²) in [7, 11) is 0. The average molecular weight is 375 g/mol. The predicted octanol–water partition coefficient (Wildman–Crippen LogP) is 3.50. The molecule has 2 aromatic carbocycles. The van der Waals surface area contributed by atoms with Crippen LogP contribution in [0.15, 0.2) is 66.9 Å². The molecule has 2 N–H and O–H groups in total. The zero-order valence-corrected chi connectivity index (χ0v) is 14.3. The molecule has 2 heterocycles. The summed E-state index contributed by atoms with van der Waals surface area (Å²) in [5.41, 5.74) is 1.95. The highest BCUT2D eigenvalue weighted by atomic mass is 16.6. The number of carbonyl (C=O) groups is 1. The first-order chi connectivity index (χ1) is 13.5. The number of imidazole rings is 1. The quantitative estimate of drug-likeness (QED) is 0.320. The molecular weight excluding hydrogens is 362 g/mol. The molecule has 0 aliphatic carbocycles. The number of fused-ring (bicyclic) bond motifs is 1. The molecule has 138 valence electrons. The van der Waals surface area contributed by atoms with Gasteiger partial charge in [0.25, 0.3) is 11.6 Å². The Bertz CT molecular complexity index is 1190. The molecule has 0 unspecified atom stereocenters. The van der Waals surface area contributed by atoms with Crippen molar-refractivity contribution in [2.45, 2.75) is 0 Å². The number of nitrogens with one attached hydrogen (secondary N) is 1. The van der Waals surface area contributed by atoms with Gasteiger partial charge in [-0.05, 0) is 42.5 Å². The van der Waals surface area contributed by atoms with Crippen molar-refractivity contribution in [1.82, 2.24) is 14.7 Å². The molecule has 0 radical (unpaired) electrons. The second-order valence-corrected chi connectivity index (χ2v) is 5.92. The maximum atomic E-state index is 12.1. The fraction of sp³-hybridized carbons (Fsp3) is 0. The minimum absolute atomic E-state index is 0.137. The van der Waals surface area contributed by atoms with E-state index in [1.807, 2.05) is 0 Å². The molecule has 0 aliphatic rings. The van der Waals surface area contributed by atoms with E-state index in [4.69, 9.17) is 0 Å². The number of hydrogen-bond donors (Lipinski definition) is 2. The first-order valence-corrected chi connectivity index (χ1v) is 8.22. The third-order valence-electron chi connectivity index (χ3n) is 4.12. The third-order valence-corrected chi connectivity index (χ3v) is 4.12. The molecule has 0 saturated carbocycles. The molecule has 0 saturated heterocycles. The van der Waals surface area contributed by atoms with Crippen LogP contribution in [0.1, 0.15) is 10.5 Å². The van der Waals surface area contributed by atoms with Crippen LogP contribution < -0.4 is 5.32 Å². The monoisotopic (exact) mass is 375 g/mol. The van der Waals surface area contributed by atoms with E-state index in [2.05, 4.69) is 15.3 Å². The lowest BCUT2D eigenvalue weighted by molar-refractivity contribution is -0.384. The number of carbonyl (C=O) groups excluding carboxylic acids is 1. The number of nitro benzene ring substituents is 1. The molecule has 9 heteroatoms. The van der Waals surface area contributed by atoms with Crippen molar-refractivity contribution < 1.29 is 14.9 Å². The van der Waals surface area contributed by atoms with E-state index in [9.17, 15) is 20.1 Å². The van der Waals surface area contributed by atoms with Crippen molar-refractivity contribution in [3.05, 3.63) is 82.7 Å². The molecule has 0 bridgehead atoms. The van der Waals surface area contributed by atoms with Crippen LogP contribution in [0, 0.1) is 10.1 Å². The van der Waals surface area contributed by atoms with Gasteiger partial charge in [-0.25, -0.2) is 4.98 Å². The normalized spacial score (nSPS) is 10.7. The Kier molecular flexibility index (Phi) is 4.17. The molecule has 0 fully saturated rings.